The molecule has 1 fully saturated rings. The number of nitrogens with one attached hydrogen (secondary N) is 1. The summed E-state index contributed by atoms with van der Waals surface area (Å²) in [5.74, 6) is 0.608. The molecule has 0 spiro atoms. The Labute approximate surface area is 143 Å². The average molecular weight is 339 g/mol. The van der Waals surface area contributed by atoms with Crippen LogP contribution in [0.25, 0.3) is 10.8 Å². The zero-order valence-electron chi connectivity index (χ0n) is 13.3. The Kier molecular flexibility index (Phi) is 3.86. The molecule has 0 aliphatic carbocycles. The number of likely N-dealkylation sites (tertiary alicyclic amines) is 1. The van der Waals surface area contributed by atoms with Gasteiger partial charge in [0.2, 0.25) is 0 Å². The summed E-state index contributed by atoms with van der Waals surface area (Å²) < 4.78 is 0. The molecule has 0 saturated carbocycles. The van der Waals surface area contributed by atoms with E-state index in [1.54, 1.807) is 18.5 Å². The number of aryl methyl sites for hydroxylation is 1. The summed E-state index contributed by atoms with van der Waals surface area (Å²) in [5, 5.41) is 0.687. The summed E-state index contributed by atoms with van der Waals surface area (Å²) >= 11 is 1.37. The first-order valence-electron chi connectivity index (χ1n) is 7.93. The van der Waals surface area contributed by atoms with Crippen molar-refractivity contribution < 1.29 is 4.79 Å². The highest BCUT2D eigenvalue weighted by atomic mass is 32.1. The molecule has 6 nitrogen and oxygen atoms in total. The van der Waals surface area contributed by atoms with Crippen LogP contribution in [0.2, 0.25) is 0 Å². The number of carbonyl (C=O) groups excluding carboxylic acids is 1. The number of amides is 1. The van der Waals surface area contributed by atoms with Gasteiger partial charge in [0.1, 0.15) is 4.88 Å². The Hall–Kier alpha value is -2.54. The molecule has 7 heteroatoms. The summed E-state index contributed by atoms with van der Waals surface area (Å²) in [4.78, 5) is 31.9. The van der Waals surface area contributed by atoms with Crippen LogP contribution >= 0.6 is 11.3 Å². The lowest BCUT2D eigenvalue weighted by molar-refractivity contribution is 0.0737. The molecule has 3 aromatic heterocycles. The molecule has 3 aromatic rings. The molecule has 1 aliphatic rings. The van der Waals surface area contributed by atoms with E-state index in [0.29, 0.717) is 15.7 Å². The van der Waals surface area contributed by atoms with Crippen molar-refractivity contribution in [3.05, 3.63) is 53.1 Å². The fraction of sp³-hybridized carbons (Fsp3) is 0.294. The highest BCUT2D eigenvalue weighted by Crippen LogP contribution is 2.34. The average Bonchev–Trinajstić information content (AvgIpc) is 3.35. The highest BCUT2D eigenvalue weighted by molar-refractivity contribution is 7.17. The fourth-order valence-corrected chi connectivity index (χ4v) is 4.09. The van der Waals surface area contributed by atoms with Gasteiger partial charge in [0.15, 0.2) is 10.8 Å². The Morgan fingerprint density at radius 1 is 1.33 bits per heavy atom. The van der Waals surface area contributed by atoms with Crippen LogP contribution in [0.4, 0.5) is 0 Å². The second kappa shape index (κ2) is 6.16. The lowest BCUT2D eigenvalue weighted by Gasteiger charge is -2.23. The predicted molar refractivity (Wildman–Crippen MR) is 91.7 cm³/mol. The molecule has 1 saturated heterocycles. The van der Waals surface area contributed by atoms with Gasteiger partial charge >= 0.3 is 0 Å². The van der Waals surface area contributed by atoms with Crippen LogP contribution in [0.5, 0.6) is 0 Å². The lowest BCUT2D eigenvalue weighted by Crippen LogP contribution is -2.30. The minimum Gasteiger partial charge on any atom is -0.363 e. The van der Waals surface area contributed by atoms with Crippen LogP contribution in [0.15, 0.2) is 36.8 Å². The van der Waals surface area contributed by atoms with Crippen molar-refractivity contribution >= 4 is 17.2 Å². The van der Waals surface area contributed by atoms with E-state index in [9.17, 15) is 4.79 Å². The molecule has 4 heterocycles. The maximum Gasteiger partial charge on any atom is 0.266 e. The van der Waals surface area contributed by atoms with Gasteiger partial charge in [0.25, 0.3) is 5.91 Å². The molecule has 1 unspecified atom stereocenters. The largest absolute Gasteiger partial charge is 0.363 e. The first-order chi connectivity index (χ1) is 11.7. The number of aromatic amines is 1. The molecule has 1 aliphatic heterocycles. The van der Waals surface area contributed by atoms with Gasteiger partial charge in [-0.1, -0.05) is 0 Å². The van der Waals surface area contributed by atoms with E-state index in [2.05, 4.69) is 19.9 Å². The van der Waals surface area contributed by atoms with E-state index in [-0.39, 0.29) is 11.9 Å². The summed E-state index contributed by atoms with van der Waals surface area (Å²) in [5.41, 5.74) is 1.83. The van der Waals surface area contributed by atoms with Gasteiger partial charge < -0.3 is 9.88 Å². The number of nitrogens with zero attached hydrogens (tertiary/aromatic N) is 4. The van der Waals surface area contributed by atoms with Crippen LogP contribution in [0, 0.1) is 6.92 Å². The van der Waals surface area contributed by atoms with Gasteiger partial charge in [-0.15, -0.1) is 11.3 Å². The molecular weight excluding hydrogens is 322 g/mol. The number of thiazole rings is 1. The van der Waals surface area contributed by atoms with E-state index < -0.39 is 0 Å². The third-order valence-electron chi connectivity index (χ3n) is 4.24. The first kappa shape index (κ1) is 15.0. The summed E-state index contributed by atoms with van der Waals surface area (Å²) in [6.07, 6.45) is 7.27. The first-order valence-corrected chi connectivity index (χ1v) is 8.75. The molecule has 1 amide bonds. The second-order valence-electron chi connectivity index (χ2n) is 5.79. The van der Waals surface area contributed by atoms with E-state index in [1.807, 2.05) is 30.2 Å². The molecule has 1 atom stereocenters. The van der Waals surface area contributed by atoms with Gasteiger partial charge in [-0.05, 0) is 38.0 Å². The molecule has 1 N–H and O–H groups in total. The summed E-state index contributed by atoms with van der Waals surface area (Å²) in [6, 6.07) is 5.89. The highest BCUT2D eigenvalue weighted by Gasteiger charge is 2.33. The minimum absolute atomic E-state index is 0.0456. The predicted octanol–water partition coefficient (Wildman–Crippen LogP) is 3.21. The van der Waals surface area contributed by atoms with Crippen molar-refractivity contribution in [3.8, 4) is 10.8 Å². The number of rotatable bonds is 3. The second-order valence-corrected chi connectivity index (χ2v) is 6.79. The molecule has 4 rings (SSSR count). The number of aromatic nitrogens is 4. The van der Waals surface area contributed by atoms with E-state index >= 15 is 0 Å². The summed E-state index contributed by atoms with van der Waals surface area (Å²) in [7, 11) is 0. The summed E-state index contributed by atoms with van der Waals surface area (Å²) in [6.45, 7) is 2.65. The van der Waals surface area contributed by atoms with Crippen molar-refractivity contribution in [2.75, 3.05) is 6.54 Å². The van der Waals surface area contributed by atoms with Crippen LogP contribution in [-0.2, 0) is 0 Å². The van der Waals surface area contributed by atoms with Crippen LogP contribution in [0.3, 0.4) is 0 Å². The van der Waals surface area contributed by atoms with E-state index in [4.69, 9.17) is 0 Å². The quantitative estimate of drug-likeness (QED) is 0.795. The molecule has 24 heavy (non-hydrogen) atoms. The fourth-order valence-electron chi connectivity index (χ4n) is 3.12. The van der Waals surface area contributed by atoms with Crippen molar-refractivity contribution in [1.29, 1.82) is 0 Å². The van der Waals surface area contributed by atoms with Gasteiger partial charge in [0.05, 0.1) is 11.7 Å². The smallest absolute Gasteiger partial charge is 0.266 e. The van der Waals surface area contributed by atoms with E-state index in [1.165, 1.54) is 11.3 Å². The number of hydrogen-bond donors (Lipinski definition) is 1. The lowest BCUT2D eigenvalue weighted by atomic mass is 10.1. The molecular formula is C17H17N5OS. The Morgan fingerprint density at radius 3 is 2.92 bits per heavy atom. The molecule has 0 bridgehead atoms. The normalized spacial score (nSPS) is 17.4. The molecule has 0 radical (unpaired) electrons. The zero-order valence-corrected chi connectivity index (χ0v) is 14.1. The third-order valence-corrected chi connectivity index (χ3v) is 5.38. The van der Waals surface area contributed by atoms with Crippen molar-refractivity contribution in [2.24, 2.45) is 0 Å². The molecule has 122 valence electrons. The standard InChI is InChI=1S/C17H17N5OS/c1-11-14(24-16(21-11)15-19-8-4-9-20-15)17(23)22-10-3-6-13(22)12-5-2-7-18-12/h2,4-5,7-9,13,18H,3,6,10H2,1H3. The topological polar surface area (TPSA) is 74.8 Å². The Morgan fingerprint density at radius 2 is 2.17 bits per heavy atom. The number of H-pyrrole nitrogens is 1. The van der Waals surface area contributed by atoms with Crippen LogP contribution in [-0.4, -0.2) is 37.3 Å². The van der Waals surface area contributed by atoms with Gasteiger partial charge in [-0.2, -0.15) is 0 Å². The maximum absolute atomic E-state index is 13.1. The van der Waals surface area contributed by atoms with Gasteiger partial charge in [-0.25, -0.2) is 15.0 Å². The van der Waals surface area contributed by atoms with Crippen LogP contribution in [0.1, 0.15) is 39.9 Å². The van der Waals surface area contributed by atoms with Crippen molar-refractivity contribution in [1.82, 2.24) is 24.8 Å². The monoisotopic (exact) mass is 339 g/mol. The van der Waals surface area contributed by atoms with Crippen molar-refractivity contribution in [3.63, 3.8) is 0 Å². The maximum atomic E-state index is 13.1. The Bertz CT molecular complexity index is 843. The third kappa shape index (κ3) is 2.60. The van der Waals surface area contributed by atoms with Gasteiger partial charge in [0, 0.05) is 30.8 Å². The number of carbonyl (C=O) groups is 1. The number of hydrogen-bond acceptors (Lipinski definition) is 5. The Balaban J connectivity index is 1.64. The van der Waals surface area contributed by atoms with Gasteiger partial charge in [-0.3, -0.25) is 4.79 Å². The van der Waals surface area contributed by atoms with Crippen LogP contribution < -0.4 is 0 Å². The minimum atomic E-state index is 0.0456. The SMILES string of the molecule is Cc1nc(-c2ncccn2)sc1C(=O)N1CCCC1c1ccc[nH]1. The van der Waals surface area contributed by atoms with E-state index in [0.717, 1.165) is 30.8 Å². The van der Waals surface area contributed by atoms with Crippen molar-refractivity contribution in [2.45, 2.75) is 25.8 Å². The zero-order chi connectivity index (χ0) is 16.5. The molecule has 0 aromatic carbocycles.